The summed E-state index contributed by atoms with van der Waals surface area (Å²) < 4.78 is 39.0. The molecule has 0 spiro atoms. The van der Waals surface area contributed by atoms with Gasteiger partial charge < -0.3 is 17.3 Å². The van der Waals surface area contributed by atoms with E-state index in [1.807, 2.05) is 0 Å². The smallest absolute Gasteiger partial charge is 0.418 e. The molecule has 0 N–H and O–H groups in total. The first-order chi connectivity index (χ1) is 11.2. The van der Waals surface area contributed by atoms with E-state index < -0.39 is 7.25 Å². The predicted molar refractivity (Wildman–Crippen MR) is 99.3 cm³/mol. The van der Waals surface area contributed by atoms with Crippen molar-refractivity contribution in [1.29, 1.82) is 0 Å². The molecule has 0 aromatic rings. The zero-order valence-electron chi connectivity index (χ0n) is 16.9. The van der Waals surface area contributed by atoms with Gasteiger partial charge in [-0.3, -0.25) is 0 Å². The van der Waals surface area contributed by atoms with E-state index in [0.29, 0.717) is 5.41 Å². The van der Waals surface area contributed by atoms with Crippen molar-refractivity contribution in [2.45, 2.75) is 61.8 Å². The fourth-order valence-corrected chi connectivity index (χ4v) is 2.43. The molecule has 11 radical (unpaired) electrons. The van der Waals surface area contributed by atoms with Crippen LogP contribution in [0.1, 0.15) is 61.8 Å². The van der Waals surface area contributed by atoms with Gasteiger partial charge in [-0.25, -0.2) is 0 Å². The van der Waals surface area contributed by atoms with Gasteiger partial charge in [0.1, 0.15) is 0 Å². The van der Waals surface area contributed by atoms with Crippen LogP contribution in [0.2, 0.25) is 0 Å². The predicted octanol–water partition coefficient (Wildman–Crippen LogP) is 7.10. The van der Waals surface area contributed by atoms with Crippen LogP contribution in [-0.2, 0) is 20.1 Å². The molecule has 2 fully saturated rings. The van der Waals surface area contributed by atoms with E-state index in [4.69, 9.17) is 0 Å². The molecule has 0 saturated heterocycles. The topological polar surface area (TPSA) is 0 Å². The summed E-state index contributed by atoms with van der Waals surface area (Å²) in [7, 11) is -6.00. The van der Waals surface area contributed by atoms with Gasteiger partial charge in [0.25, 0.3) is 0 Å². The first kappa shape index (κ1) is 28.6. The summed E-state index contributed by atoms with van der Waals surface area (Å²) in [5.74, 6) is 8.77. The second kappa shape index (κ2) is 12.1. The van der Waals surface area contributed by atoms with Gasteiger partial charge in [-0.1, -0.05) is 55.4 Å². The van der Waals surface area contributed by atoms with E-state index in [9.17, 15) is 17.3 Å². The van der Waals surface area contributed by atoms with Crippen LogP contribution in [-0.4, -0.2) is 7.25 Å². The molecule has 2 rings (SSSR count). The molecule has 2 aliphatic rings. The zero-order chi connectivity index (χ0) is 20.0. The largest absolute Gasteiger partial charge is 0.673 e. The minimum Gasteiger partial charge on any atom is -0.418 e. The van der Waals surface area contributed by atoms with Crippen LogP contribution >= 0.6 is 0 Å². The van der Waals surface area contributed by atoms with Crippen molar-refractivity contribution in [1.82, 2.24) is 0 Å². The van der Waals surface area contributed by atoms with Crippen molar-refractivity contribution in [2.24, 2.45) is 5.41 Å². The van der Waals surface area contributed by atoms with Crippen LogP contribution < -0.4 is 0 Å². The number of rotatable bonds is 0. The monoisotopic (exact) mass is 550 g/mol. The van der Waals surface area contributed by atoms with Gasteiger partial charge in [-0.2, -0.15) is 0 Å². The molecular weight excluding hydrogens is 519 g/mol. The van der Waals surface area contributed by atoms with Crippen LogP contribution in [0.25, 0.3) is 0 Å². The summed E-state index contributed by atoms with van der Waals surface area (Å²) in [5, 5.41) is 0. The van der Waals surface area contributed by atoms with Gasteiger partial charge in [-0.15, -0.1) is 0 Å². The Balaban J connectivity index is 0. The van der Waals surface area contributed by atoms with Gasteiger partial charge in [-0.05, 0) is 73.0 Å². The third-order valence-corrected chi connectivity index (χ3v) is 4.55. The van der Waals surface area contributed by atoms with Gasteiger partial charge in [0.05, 0.1) is 0 Å². The molecule has 0 amide bonds. The number of halogens is 4. The van der Waals surface area contributed by atoms with Crippen LogP contribution in [0.3, 0.4) is 0 Å². The Bertz CT molecular complexity index is 311. The Kier molecular flexibility index (Phi) is 13.3. The summed E-state index contributed by atoms with van der Waals surface area (Å²) in [6.45, 7) is 17.7. The number of hydrogen-bond donors (Lipinski definition) is 0. The molecule has 0 atom stereocenters. The summed E-state index contributed by atoms with van der Waals surface area (Å²) in [6.07, 6.45) is 9.96. The zero-order valence-corrected chi connectivity index (χ0v) is 19.3. The Labute approximate surface area is 173 Å². The standard InChI is InChI=1S/2C10H15.BF4.Ir/c1-6-7(2)9(4)10(5)8(6)3;1-10(2,3)9-7-5-4-6-8-9;2-1(3,4)5;/h1-5H3;5-8H,4H2,1-3H3;;/q;;-1;. The van der Waals surface area contributed by atoms with Crippen LogP contribution in [0.4, 0.5) is 17.3 Å². The molecule has 6 heteroatoms. The summed E-state index contributed by atoms with van der Waals surface area (Å²) in [5.41, 5.74) is 0.313. The minimum atomic E-state index is -6.00. The summed E-state index contributed by atoms with van der Waals surface area (Å²) in [4.78, 5) is 0. The molecule has 0 nitrogen and oxygen atoms in total. The third-order valence-electron chi connectivity index (χ3n) is 4.55. The second-order valence-corrected chi connectivity index (χ2v) is 7.37. The Morgan fingerprint density at radius 3 is 1.08 bits per heavy atom. The summed E-state index contributed by atoms with van der Waals surface area (Å²) in [6, 6.07) is 0. The van der Waals surface area contributed by atoms with E-state index in [1.54, 1.807) is 0 Å². The van der Waals surface area contributed by atoms with Gasteiger partial charge in [0.2, 0.25) is 0 Å². The average molecular weight is 549 g/mol. The van der Waals surface area contributed by atoms with Crippen molar-refractivity contribution in [2.75, 3.05) is 0 Å². The fraction of sp³-hybridized carbons (Fsp3) is 0.500. The number of hydrogen-bond acceptors (Lipinski definition) is 0. The van der Waals surface area contributed by atoms with Crippen molar-refractivity contribution < 1.29 is 37.4 Å². The van der Waals surface area contributed by atoms with Crippen molar-refractivity contribution in [3.8, 4) is 0 Å². The van der Waals surface area contributed by atoms with E-state index >= 15 is 0 Å². The summed E-state index contributed by atoms with van der Waals surface area (Å²) >= 11 is 0. The van der Waals surface area contributed by atoms with Gasteiger partial charge in [0, 0.05) is 20.1 Å². The molecule has 0 aromatic carbocycles. The minimum absolute atomic E-state index is 0. The molecule has 2 saturated carbocycles. The molecular formula is C20H30BF4Ir-. The van der Waals surface area contributed by atoms with Gasteiger partial charge >= 0.3 is 7.25 Å². The van der Waals surface area contributed by atoms with Crippen LogP contribution in [0, 0.1) is 66.6 Å². The molecule has 2 aliphatic carbocycles. The van der Waals surface area contributed by atoms with Crippen molar-refractivity contribution in [3.63, 3.8) is 0 Å². The maximum atomic E-state index is 9.75. The van der Waals surface area contributed by atoms with Crippen molar-refractivity contribution in [3.05, 3.63) is 61.2 Å². The fourth-order valence-electron chi connectivity index (χ4n) is 2.43. The Morgan fingerprint density at radius 2 is 0.923 bits per heavy atom. The third kappa shape index (κ3) is 11.3. The second-order valence-electron chi connectivity index (χ2n) is 7.37. The average Bonchev–Trinajstić information content (AvgIpc) is 2.64. The quantitative estimate of drug-likeness (QED) is 0.224. The van der Waals surface area contributed by atoms with Crippen LogP contribution in [0.15, 0.2) is 0 Å². The molecule has 0 unspecified atom stereocenters. The normalized spacial score (nSPS) is 22.2. The molecule has 151 valence electrons. The van der Waals surface area contributed by atoms with E-state index in [2.05, 4.69) is 81.1 Å². The van der Waals surface area contributed by atoms with Crippen molar-refractivity contribution >= 4 is 7.25 Å². The first-order valence-corrected chi connectivity index (χ1v) is 8.43. The molecule has 0 aromatic heterocycles. The SMILES string of the molecule is CC(C)(C)[C]1[CH][CH]C[CH][CH]1.C[C]1[C](C)[C](C)[C](C)[C]1C.F[B-](F)(F)F.[Ir]. The molecule has 26 heavy (non-hydrogen) atoms. The van der Waals surface area contributed by atoms with E-state index in [-0.39, 0.29) is 20.1 Å². The van der Waals surface area contributed by atoms with E-state index in [0.717, 1.165) is 6.42 Å². The molecule has 0 bridgehead atoms. The van der Waals surface area contributed by atoms with Gasteiger partial charge in [0.15, 0.2) is 0 Å². The maximum Gasteiger partial charge on any atom is 0.673 e. The molecule has 0 heterocycles. The Hall–Kier alpha value is 0.434. The first-order valence-electron chi connectivity index (χ1n) is 8.43. The van der Waals surface area contributed by atoms with E-state index in [1.165, 1.54) is 35.5 Å². The molecule has 0 aliphatic heterocycles. The van der Waals surface area contributed by atoms with Crippen LogP contribution in [0.5, 0.6) is 0 Å². The maximum absolute atomic E-state index is 9.75. The Morgan fingerprint density at radius 1 is 0.692 bits per heavy atom.